The highest BCUT2D eigenvalue weighted by atomic mass is 32.7. The predicted octanol–water partition coefficient (Wildman–Crippen LogP) is 2.22. The number of isocyanates is 1. The van der Waals surface area contributed by atoms with E-state index >= 15 is 0 Å². The van der Waals surface area contributed by atoms with E-state index in [2.05, 4.69) is 17.2 Å². The Balaban J connectivity index is 0.000000310. The van der Waals surface area contributed by atoms with Gasteiger partial charge in [-0.25, -0.2) is 4.79 Å². The number of hydrogen-bond donors (Lipinski definition) is 2. The Kier molecular flexibility index (Phi) is 7.07. The zero-order chi connectivity index (χ0) is 10.1. The van der Waals surface area contributed by atoms with E-state index in [4.69, 9.17) is 9.46 Å². The molecule has 0 aromatic heterocycles. The summed E-state index contributed by atoms with van der Waals surface area (Å²) in [6, 6.07) is 8.98. The van der Waals surface area contributed by atoms with Crippen LogP contribution in [0.1, 0.15) is 0 Å². The summed E-state index contributed by atoms with van der Waals surface area (Å²) in [5.74, 6) is 0. The van der Waals surface area contributed by atoms with Crippen LogP contribution in [0.5, 0.6) is 0 Å². The first-order valence-corrected chi connectivity index (χ1v) is 5.51. The normalized spacial score (nSPS) is 8.92. The first kappa shape index (κ1) is 12.0. The molecule has 0 heterocycles. The fraction of sp³-hybridized carbons (Fsp3) is 0. The minimum atomic E-state index is -2.18. The van der Waals surface area contributed by atoms with E-state index in [0.29, 0.717) is 5.69 Å². The van der Waals surface area contributed by atoms with Crippen LogP contribution in [0.3, 0.4) is 0 Å². The third-order valence-electron chi connectivity index (χ3n) is 0.931. The number of benzene rings is 1. The van der Waals surface area contributed by atoms with E-state index in [-0.39, 0.29) is 0 Å². The lowest BCUT2D eigenvalue weighted by Crippen LogP contribution is -1.59. The van der Waals surface area contributed by atoms with Gasteiger partial charge in [0.15, 0.2) is 0 Å². The Morgan fingerprint density at radius 1 is 1.38 bits per heavy atom. The summed E-state index contributed by atoms with van der Waals surface area (Å²) >= 11 is 3.03. The van der Waals surface area contributed by atoms with Gasteiger partial charge in [-0.2, -0.15) is 9.89 Å². The molecular weight excluding hydrogens is 209 g/mol. The van der Waals surface area contributed by atoms with Crippen molar-refractivity contribution in [2.75, 3.05) is 0 Å². The van der Waals surface area contributed by atoms with Crippen molar-refractivity contribution < 1.29 is 14.3 Å². The molecule has 1 N–H and O–H groups in total. The molecule has 0 amide bonds. The van der Waals surface area contributed by atoms with Crippen LogP contribution < -0.4 is 0 Å². The first-order chi connectivity index (χ1) is 6.16. The van der Waals surface area contributed by atoms with Crippen molar-refractivity contribution in [2.24, 2.45) is 4.99 Å². The van der Waals surface area contributed by atoms with Gasteiger partial charge in [0, 0.05) is 0 Å². The fourth-order valence-electron chi connectivity index (χ4n) is 0.555. The number of hydrogen-bond acceptors (Lipinski definition) is 3. The predicted molar refractivity (Wildman–Crippen MR) is 53.0 cm³/mol. The second-order valence-electron chi connectivity index (χ2n) is 1.79. The minimum Gasteiger partial charge on any atom is -0.211 e. The molecule has 1 rings (SSSR count). The summed E-state index contributed by atoms with van der Waals surface area (Å²) in [5.41, 5.74) is 0.646. The second kappa shape index (κ2) is 7.65. The molecule has 0 aliphatic carbocycles. The van der Waals surface area contributed by atoms with E-state index in [9.17, 15) is 4.79 Å². The topological polar surface area (TPSA) is 66.7 Å². The molecule has 1 aromatic carbocycles. The molecule has 0 saturated heterocycles. The number of nitrogens with zero attached hydrogens (tertiary/aromatic N) is 1. The van der Waals surface area contributed by atoms with Gasteiger partial charge in [-0.05, 0) is 16.7 Å². The van der Waals surface area contributed by atoms with Crippen molar-refractivity contribution in [1.29, 1.82) is 0 Å². The summed E-state index contributed by atoms with van der Waals surface area (Å²) < 4.78 is 9.01. The van der Waals surface area contributed by atoms with Crippen LogP contribution in [0, 0.1) is 0 Å². The summed E-state index contributed by atoms with van der Waals surface area (Å²) in [6.07, 6.45) is 1.46. The SMILES string of the molecule is O=C=Nc1ccccc1.O=[P+](O)S. The molecule has 4 nitrogen and oxygen atoms in total. The largest absolute Gasteiger partial charge is 0.579 e. The van der Waals surface area contributed by atoms with Gasteiger partial charge in [0.25, 0.3) is 0 Å². The first-order valence-electron chi connectivity index (χ1n) is 3.14. The van der Waals surface area contributed by atoms with Crippen LogP contribution in [-0.4, -0.2) is 11.0 Å². The lowest BCUT2D eigenvalue weighted by atomic mass is 10.3. The van der Waals surface area contributed by atoms with Crippen LogP contribution in [0.15, 0.2) is 35.3 Å². The van der Waals surface area contributed by atoms with E-state index in [1.165, 1.54) is 6.08 Å². The molecule has 0 bridgehead atoms. The zero-order valence-corrected chi connectivity index (χ0v) is 8.28. The summed E-state index contributed by atoms with van der Waals surface area (Å²) in [6.45, 7) is 0. The van der Waals surface area contributed by atoms with Gasteiger partial charge in [0.05, 0.1) is 5.69 Å². The van der Waals surface area contributed by atoms with E-state index in [0.717, 1.165) is 0 Å². The van der Waals surface area contributed by atoms with Crippen LogP contribution in [0.2, 0.25) is 0 Å². The number of para-hydroxylation sites is 1. The summed E-state index contributed by atoms with van der Waals surface area (Å²) in [5, 5.41) is 0. The fourth-order valence-corrected chi connectivity index (χ4v) is 0.555. The highest BCUT2D eigenvalue weighted by molar-refractivity contribution is 8.38. The van der Waals surface area contributed by atoms with Gasteiger partial charge >= 0.3 is 7.23 Å². The number of carbonyl (C=O) groups excluding carboxylic acids is 1. The Bertz CT molecular complexity index is 307. The molecule has 68 valence electrons. The van der Waals surface area contributed by atoms with Crippen LogP contribution in [0.4, 0.5) is 5.69 Å². The highest BCUT2D eigenvalue weighted by Gasteiger charge is 1.90. The molecular formula is C7H7NO3PS+. The molecule has 0 radical (unpaired) electrons. The zero-order valence-electron chi connectivity index (χ0n) is 6.49. The van der Waals surface area contributed by atoms with Gasteiger partial charge in [0.2, 0.25) is 6.08 Å². The standard InChI is InChI=1S/C7H5NO.HO2PS/c9-6-8-7-4-2-1-3-5-7;1-3(2)4/h1-5H;(H-,1,2,4)/p+1. The lowest BCUT2D eigenvalue weighted by Gasteiger charge is -1.83. The number of aliphatic imine (C=N–C) groups is 1. The second-order valence-corrected chi connectivity index (χ2v) is 3.32. The maximum Gasteiger partial charge on any atom is 0.579 e. The van der Waals surface area contributed by atoms with Crippen LogP contribution in [-0.2, 0) is 9.36 Å². The molecule has 0 fully saturated rings. The Morgan fingerprint density at radius 3 is 2.23 bits per heavy atom. The van der Waals surface area contributed by atoms with Crippen molar-refractivity contribution >= 4 is 31.2 Å². The maximum absolute atomic E-state index is 9.68. The quantitative estimate of drug-likeness (QED) is 0.327. The average molecular weight is 216 g/mol. The van der Waals surface area contributed by atoms with Crippen LogP contribution >= 0.6 is 19.5 Å². The third-order valence-corrected chi connectivity index (χ3v) is 0.931. The van der Waals surface area contributed by atoms with Gasteiger partial charge in [-0.1, -0.05) is 18.2 Å². The van der Waals surface area contributed by atoms with Gasteiger partial charge < -0.3 is 0 Å². The molecule has 0 saturated carbocycles. The van der Waals surface area contributed by atoms with Crippen molar-refractivity contribution in [3.63, 3.8) is 0 Å². The van der Waals surface area contributed by atoms with Crippen LogP contribution in [0.25, 0.3) is 0 Å². The number of thiol groups is 1. The number of rotatable bonds is 1. The monoisotopic (exact) mass is 216 g/mol. The Hall–Kier alpha value is -0.990. The van der Waals surface area contributed by atoms with Gasteiger partial charge in [-0.3, -0.25) is 0 Å². The third kappa shape index (κ3) is 8.92. The highest BCUT2D eigenvalue weighted by Crippen LogP contribution is 2.16. The van der Waals surface area contributed by atoms with Crippen molar-refractivity contribution in [2.45, 2.75) is 0 Å². The molecule has 0 aliphatic rings. The molecule has 13 heavy (non-hydrogen) atoms. The molecule has 6 heteroatoms. The lowest BCUT2D eigenvalue weighted by molar-refractivity contribution is 0.520. The van der Waals surface area contributed by atoms with Gasteiger partial charge in [-0.15, -0.1) is 0 Å². The van der Waals surface area contributed by atoms with Gasteiger partial charge in [0.1, 0.15) is 12.2 Å². The van der Waals surface area contributed by atoms with E-state index in [1.54, 1.807) is 12.1 Å². The Morgan fingerprint density at radius 2 is 1.85 bits per heavy atom. The molecule has 0 aliphatic heterocycles. The molecule has 1 atom stereocenters. The summed E-state index contributed by atoms with van der Waals surface area (Å²) in [7, 11) is -2.18. The van der Waals surface area contributed by atoms with Crippen molar-refractivity contribution in [3.05, 3.63) is 30.3 Å². The molecule has 1 unspecified atom stereocenters. The smallest absolute Gasteiger partial charge is 0.211 e. The van der Waals surface area contributed by atoms with E-state index < -0.39 is 7.23 Å². The minimum absolute atomic E-state index is 0.646. The van der Waals surface area contributed by atoms with E-state index in [1.807, 2.05) is 18.2 Å². The van der Waals surface area contributed by atoms with Crippen molar-refractivity contribution in [3.8, 4) is 0 Å². The molecule has 1 aromatic rings. The maximum atomic E-state index is 9.68. The summed E-state index contributed by atoms with van der Waals surface area (Å²) in [4.78, 5) is 20.5. The Labute approximate surface area is 81.3 Å². The van der Waals surface area contributed by atoms with Crippen molar-refractivity contribution in [1.82, 2.24) is 0 Å². The average Bonchev–Trinajstić information content (AvgIpc) is 2.06. The molecule has 0 spiro atoms.